The van der Waals surface area contributed by atoms with Gasteiger partial charge in [0.1, 0.15) is 6.33 Å². The van der Waals surface area contributed by atoms with Crippen LogP contribution in [0.15, 0.2) is 52.0 Å². The van der Waals surface area contributed by atoms with Gasteiger partial charge in [-0.1, -0.05) is 15.9 Å². The second kappa shape index (κ2) is 7.06. The lowest BCUT2D eigenvalue weighted by Crippen LogP contribution is -2.76. The Morgan fingerprint density at radius 2 is 1.96 bits per heavy atom. The summed E-state index contributed by atoms with van der Waals surface area (Å²) in [6.07, 6.45) is -3.53. The van der Waals surface area contributed by atoms with E-state index in [0.717, 1.165) is 16.0 Å². The molecule has 3 rings (SSSR count). The van der Waals surface area contributed by atoms with Gasteiger partial charge in [-0.2, -0.15) is 5.48 Å². The van der Waals surface area contributed by atoms with Crippen molar-refractivity contribution in [3.63, 3.8) is 0 Å². The standard InChI is InChI=1S/C16H11BrF3N3O3/c1-25-22-13-7-10(3-5-14(13)26-16(18,19)20)23-8-21-12-6-9(17)2-4-11(12)15(23)24/h2-8,22H,1H3/p+1. The number of benzene rings is 2. The van der Waals surface area contributed by atoms with Gasteiger partial charge in [0.2, 0.25) is 5.69 Å². The number of quaternary nitrogens is 1. The summed E-state index contributed by atoms with van der Waals surface area (Å²) in [4.78, 5) is 21.7. The summed E-state index contributed by atoms with van der Waals surface area (Å²) in [5.41, 5.74) is 1.60. The summed E-state index contributed by atoms with van der Waals surface area (Å²) in [6, 6.07) is 8.83. The molecule has 0 radical (unpaired) electrons. The van der Waals surface area contributed by atoms with E-state index >= 15 is 0 Å². The molecule has 136 valence electrons. The van der Waals surface area contributed by atoms with Gasteiger partial charge in [0.25, 0.3) is 5.56 Å². The van der Waals surface area contributed by atoms with Crippen LogP contribution in [0, 0.1) is 0 Å². The Morgan fingerprint density at radius 3 is 2.65 bits per heavy atom. The second-order valence-corrected chi connectivity index (χ2v) is 6.12. The van der Waals surface area contributed by atoms with E-state index in [9.17, 15) is 18.0 Å². The molecule has 0 amide bonds. The summed E-state index contributed by atoms with van der Waals surface area (Å²) in [5, 5.41) is 0.378. The molecule has 0 aliphatic heterocycles. The largest absolute Gasteiger partial charge is 0.573 e. The van der Waals surface area contributed by atoms with Crippen LogP contribution >= 0.6 is 15.9 Å². The van der Waals surface area contributed by atoms with E-state index in [1.807, 2.05) is 0 Å². The van der Waals surface area contributed by atoms with Crippen molar-refractivity contribution in [1.29, 1.82) is 0 Å². The highest BCUT2D eigenvalue weighted by molar-refractivity contribution is 9.10. The number of hydrogen-bond donors (Lipinski definition) is 1. The minimum Gasteiger partial charge on any atom is -0.399 e. The van der Waals surface area contributed by atoms with E-state index in [1.165, 1.54) is 30.1 Å². The maximum absolute atomic E-state index is 12.7. The Bertz CT molecular complexity index is 1020. The number of aromatic nitrogens is 2. The van der Waals surface area contributed by atoms with Crippen LogP contribution < -0.4 is 15.8 Å². The Kier molecular flexibility index (Phi) is 4.99. The van der Waals surface area contributed by atoms with Gasteiger partial charge < -0.3 is 4.74 Å². The highest BCUT2D eigenvalue weighted by Gasteiger charge is 2.33. The Hall–Kier alpha value is -2.43. The zero-order chi connectivity index (χ0) is 18.9. The molecule has 0 unspecified atom stereocenters. The minimum absolute atomic E-state index is 0.0325. The fourth-order valence-electron chi connectivity index (χ4n) is 2.40. The van der Waals surface area contributed by atoms with Crippen molar-refractivity contribution >= 4 is 32.5 Å². The number of hydrogen-bond acceptors (Lipinski definition) is 4. The van der Waals surface area contributed by atoms with Gasteiger partial charge in [-0.05, 0) is 30.3 Å². The molecule has 0 fully saturated rings. The van der Waals surface area contributed by atoms with Crippen LogP contribution in [0.25, 0.3) is 16.6 Å². The lowest BCUT2D eigenvalue weighted by molar-refractivity contribution is -0.830. The fraction of sp³-hybridized carbons (Fsp3) is 0.125. The molecule has 0 aliphatic carbocycles. The SMILES string of the molecule is CO[NH2+]c1cc(-n2cnc3cc(Br)ccc3c2=O)ccc1OC(F)(F)F. The number of nitrogens with zero attached hydrogens (tertiary/aromatic N) is 2. The van der Waals surface area contributed by atoms with E-state index < -0.39 is 12.1 Å². The Morgan fingerprint density at radius 1 is 1.19 bits per heavy atom. The topological polar surface area (TPSA) is 70.0 Å². The predicted octanol–water partition coefficient (Wildman–Crippen LogP) is 2.80. The first-order valence-electron chi connectivity index (χ1n) is 7.21. The second-order valence-electron chi connectivity index (χ2n) is 5.20. The van der Waals surface area contributed by atoms with Gasteiger partial charge in [0.15, 0.2) is 5.75 Å². The van der Waals surface area contributed by atoms with Crippen LogP contribution in [0.3, 0.4) is 0 Å². The van der Waals surface area contributed by atoms with Crippen molar-refractivity contribution in [2.75, 3.05) is 7.11 Å². The van der Waals surface area contributed by atoms with Crippen molar-refractivity contribution in [3.8, 4) is 11.4 Å². The van der Waals surface area contributed by atoms with E-state index in [-0.39, 0.29) is 11.2 Å². The smallest absolute Gasteiger partial charge is 0.399 e. The average molecular weight is 431 g/mol. The van der Waals surface area contributed by atoms with Gasteiger partial charge in [-0.15, -0.1) is 13.2 Å². The molecule has 0 atom stereocenters. The van der Waals surface area contributed by atoms with Gasteiger partial charge in [0, 0.05) is 10.5 Å². The quantitative estimate of drug-likeness (QED) is 0.510. The number of alkyl halides is 3. The number of nitrogens with two attached hydrogens (primary N) is 1. The Balaban J connectivity index is 2.10. The summed E-state index contributed by atoms with van der Waals surface area (Å²) in [7, 11) is 1.30. The molecule has 0 saturated carbocycles. The first-order valence-corrected chi connectivity index (χ1v) is 8.01. The van der Waals surface area contributed by atoms with Crippen LogP contribution in [0.4, 0.5) is 18.9 Å². The average Bonchev–Trinajstić information content (AvgIpc) is 2.56. The van der Waals surface area contributed by atoms with E-state index in [4.69, 9.17) is 4.84 Å². The summed E-state index contributed by atoms with van der Waals surface area (Å²) in [5.74, 6) is -0.436. The first kappa shape index (κ1) is 18.4. The highest BCUT2D eigenvalue weighted by Crippen LogP contribution is 2.29. The summed E-state index contributed by atoms with van der Waals surface area (Å²) in [6.45, 7) is 0. The molecule has 0 bridgehead atoms. The molecule has 2 N–H and O–H groups in total. The third-order valence-electron chi connectivity index (χ3n) is 3.46. The van der Waals surface area contributed by atoms with Gasteiger partial charge in [-0.3, -0.25) is 9.36 Å². The number of rotatable bonds is 4. The van der Waals surface area contributed by atoms with Crippen LogP contribution in [0.1, 0.15) is 0 Å². The molecule has 1 aromatic heterocycles. The molecule has 6 nitrogen and oxygen atoms in total. The number of fused-ring (bicyclic) bond motifs is 1. The lowest BCUT2D eigenvalue weighted by Gasteiger charge is -2.13. The lowest BCUT2D eigenvalue weighted by atomic mass is 10.2. The maximum atomic E-state index is 12.7. The zero-order valence-electron chi connectivity index (χ0n) is 13.2. The van der Waals surface area contributed by atoms with E-state index in [2.05, 4.69) is 25.7 Å². The zero-order valence-corrected chi connectivity index (χ0v) is 14.8. The summed E-state index contributed by atoms with van der Waals surface area (Å²) >= 11 is 3.31. The monoisotopic (exact) mass is 430 g/mol. The molecule has 10 heteroatoms. The molecule has 0 saturated heterocycles. The molecular formula is C16H12BrF3N3O3+. The predicted molar refractivity (Wildman–Crippen MR) is 90.3 cm³/mol. The molecule has 3 aromatic rings. The number of ether oxygens (including phenoxy) is 1. The Labute approximate surface area is 153 Å². The van der Waals surface area contributed by atoms with E-state index in [1.54, 1.807) is 18.2 Å². The van der Waals surface area contributed by atoms with Crippen LogP contribution in [-0.2, 0) is 4.84 Å². The van der Waals surface area contributed by atoms with Crippen LogP contribution in [0.2, 0.25) is 0 Å². The number of halogens is 4. The van der Waals surface area contributed by atoms with Gasteiger partial charge >= 0.3 is 6.36 Å². The van der Waals surface area contributed by atoms with E-state index in [0.29, 0.717) is 16.6 Å². The van der Waals surface area contributed by atoms with Gasteiger partial charge in [-0.25, -0.2) is 9.82 Å². The van der Waals surface area contributed by atoms with Crippen molar-refractivity contribution in [2.24, 2.45) is 0 Å². The van der Waals surface area contributed by atoms with Crippen molar-refractivity contribution < 1.29 is 28.2 Å². The first-order chi connectivity index (χ1) is 12.3. The summed E-state index contributed by atoms with van der Waals surface area (Å²) < 4.78 is 43.5. The molecular weight excluding hydrogens is 419 g/mol. The van der Waals surface area contributed by atoms with Crippen molar-refractivity contribution in [1.82, 2.24) is 9.55 Å². The third-order valence-corrected chi connectivity index (χ3v) is 3.96. The maximum Gasteiger partial charge on any atom is 0.573 e. The normalized spacial score (nSPS) is 11.7. The van der Waals surface area contributed by atoms with Crippen LogP contribution in [0.5, 0.6) is 5.75 Å². The molecule has 26 heavy (non-hydrogen) atoms. The fourth-order valence-corrected chi connectivity index (χ4v) is 2.75. The molecule has 1 heterocycles. The third kappa shape index (κ3) is 3.87. The minimum atomic E-state index is -4.84. The van der Waals surface area contributed by atoms with Crippen LogP contribution in [-0.4, -0.2) is 23.0 Å². The molecule has 0 aliphatic rings. The molecule has 2 aromatic carbocycles. The highest BCUT2D eigenvalue weighted by atomic mass is 79.9. The van der Waals surface area contributed by atoms with Crippen molar-refractivity contribution in [3.05, 3.63) is 57.6 Å². The molecule has 0 spiro atoms. The van der Waals surface area contributed by atoms with Crippen molar-refractivity contribution in [2.45, 2.75) is 6.36 Å². The van der Waals surface area contributed by atoms with Gasteiger partial charge in [0.05, 0.1) is 23.7 Å².